The highest BCUT2D eigenvalue weighted by atomic mass is 32.1. The van der Waals surface area contributed by atoms with Gasteiger partial charge in [0.1, 0.15) is 0 Å². The highest BCUT2D eigenvalue weighted by molar-refractivity contribution is 7.80. The smallest absolute Gasteiger partial charge is 0.0771 e. The zero-order valence-electron chi connectivity index (χ0n) is 12.2. The Morgan fingerprint density at radius 1 is 1.32 bits per heavy atom. The normalized spacial score (nSPS) is 20.5. The first kappa shape index (κ1) is 14.5. The van der Waals surface area contributed by atoms with Gasteiger partial charge in [-0.15, -0.1) is 0 Å². The number of piperidine rings is 1. The van der Waals surface area contributed by atoms with Gasteiger partial charge < -0.3 is 5.73 Å². The van der Waals surface area contributed by atoms with Crippen LogP contribution in [0.1, 0.15) is 35.1 Å². The van der Waals surface area contributed by atoms with E-state index >= 15 is 0 Å². The minimum absolute atomic E-state index is 0.398. The maximum atomic E-state index is 5.81. The molecule has 1 saturated heterocycles. The summed E-state index contributed by atoms with van der Waals surface area (Å²) in [5.41, 5.74) is 11.4. The molecule has 0 aliphatic carbocycles. The molecule has 104 valence electrons. The molecule has 0 spiro atoms. The first-order valence-corrected chi connectivity index (χ1v) is 7.46. The molecule has 0 radical (unpaired) electrons. The van der Waals surface area contributed by atoms with Crippen LogP contribution in [0.15, 0.2) is 12.1 Å². The van der Waals surface area contributed by atoms with E-state index in [9.17, 15) is 0 Å². The van der Waals surface area contributed by atoms with Crippen LogP contribution in [0.4, 0.5) is 0 Å². The fourth-order valence-corrected chi connectivity index (χ4v) is 3.31. The number of likely N-dealkylation sites (tertiary alicyclic amines) is 1. The Labute approximate surface area is 122 Å². The summed E-state index contributed by atoms with van der Waals surface area (Å²) in [5, 5.41) is 0. The van der Waals surface area contributed by atoms with Gasteiger partial charge in [-0.2, -0.15) is 0 Å². The zero-order chi connectivity index (χ0) is 14.0. The minimum atomic E-state index is 0.398. The molecule has 1 atom stereocenters. The van der Waals surface area contributed by atoms with Crippen molar-refractivity contribution < 1.29 is 0 Å². The van der Waals surface area contributed by atoms with Gasteiger partial charge in [-0.05, 0) is 56.8 Å². The lowest BCUT2D eigenvalue weighted by Gasteiger charge is -2.33. The maximum absolute atomic E-state index is 5.81. The fourth-order valence-electron chi connectivity index (χ4n) is 3.11. The van der Waals surface area contributed by atoms with Crippen LogP contribution in [0, 0.1) is 26.7 Å². The summed E-state index contributed by atoms with van der Waals surface area (Å²) < 4.78 is 0. The average Bonchev–Trinajstić information content (AvgIpc) is 2.34. The Balaban J connectivity index is 2.11. The third-order valence-electron chi connectivity index (χ3n) is 4.13. The maximum Gasteiger partial charge on any atom is 0.0771 e. The van der Waals surface area contributed by atoms with Gasteiger partial charge in [-0.1, -0.05) is 29.9 Å². The number of rotatable bonds is 3. The summed E-state index contributed by atoms with van der Waals surface area (Å²) in [6, 6.07) is 4.55. The number of benzene rings is 1. The van der Waals surface area contributed by atoms with E-state index in [1.807, 2.05) is 0 Å². The number of nitrogens with two attached hydrogens (primary N) is 1. The van der Waals surface area contributed by atoms with Crippen LogP contribution >= 0.6 is 12.2 Å². The molecule has 0 bridgehead atoms. The standard InChI is InChI=1S/C16H24N2S/c1-11-7-12(2)15(13(3)8-11)10-18-6-4-5-14(9-18)16(17)19/h7-8,14H,4-6,9-10H2,1-3H3,(H2,17,19). The van der Waals surface area contributed by atoms with Crippen molar-refractivity contribution in [1.29, 1.82) is 0 Å². The number of aryl methyl sites for hydroxylation is 3. The lowest BCUT2D eigenvalue weighted by molar-refractivity contribution is 0.196. The molecule has 2 rings (SSSR count). The second-order valence-corrected chi connectivity index (χ2v) is 6.33. The lowest BCUT2D eigenvalue weighted by Crippen LogP contribution is -2.40. The molecule has 1 unspecified atom stereocenters. The van der Waals surface area contributed by atoms with Crippen LogP contribution in [0.3, 0.4) is 0 Å². The van der Waals surface area contributed by atoms with Crippen molar-refractivity contribution >= 4 is 17.2 Å². The monoisotopic (exact) mass is 276 g/mol. The molecule has 1 heterocycles. The van der Waals surface area contributed by atoms with E-state index in [-0.39, 0.29) is 0 Å². The van der Waals surface area contributed by atoms with Crippen molar-refractivity contribution in [1.82, 2.24) is 4.90 Å². The van der Waals surface area contributed by atoms with E-state index in [1.54, 1.807) is 0 Å². The summed E-state index contributed by atoms with van der Waals surface area (Å²) in [6.07, 6.45) is 2.35. The first-order valence-electron chi connectivity index (χ1n) is 7.05. The van der Waals surface area contributed by atoms with E-state index in [0.29, 0.717) is 10.9 Å². The number of thiocarbonyl (C=S) groups is 1. The lowest BCUT2D eigenvalue weighted by atomic mass is 9.95. The summed E-state index contributed by atoms with van der Waals surface area (Å²) in [6.45, 7) is 9.78. The average molecular weight is 276 g/mol. The van der Waals surface area contributed by atoms with Crippen LogP contribution in [0.5, 0.6) is 0 Å². The Kier molecular flexibility index (Phi) is 4.58. The van der Waals surface area contributed by atoms with Crippen molar-refractivity contribution in [3.63, 3.8) is 0 Å². The highest BCUT2D eigenvalue weighted by Crippen LogP contribution is 2.22. The van der Waals surface area contributed by atoms with Crippen molar-refractivity contribution in [3.8, 4) is 0 Å². The Hall–Kier alpha value is -0.930. The molecule has 1 aromatic rings. The van der Waals surface area contributed by atoms with Gasteiger partial charge in [-0.3, -0.25) is 4.90 Å². The van der Waals surface area contributed by atoms with Crippen LogP contribution in [-0.2, 0) is 6.54 Å². The summed E-state index contributed by atoms with van der Waals surface area (Å²) >= 11 is 5.15. The molecular formula is C16H24N2S. The summed E-state index contributed by atoms with van der Waals surface area (Å²) in [7, 11) is 0. The fraction of sp³-hybridized carbons (Fsp3) is 0.562. The van der Waals surface area contributed by atoms with E-state index in [2.05, 4.69) is 37.8 Å². The third kappa shape index (κ3) is 3.54. The first-order chi connectivity index (χ1) is 8.97. The SMILES string of the molecule is Cc1cc(C)c(CN2CCCC(C(N)=S)C2)c(C)c1. The topological polar surface area (TPSA) is 29.3 Å². The second-order valence-electron chi connectivity index (χ2n) is 5.85. The van der Waals surface area contributed by atoms with Crippen LogP contribution in [-0.4, -0.2) is 23.0 Å². The van der Waals surface area contributed by atoms with Gasteiger partial charge in [0.15, 0.2) is 0 Å². The molecule has 0 amide bonds. The van der Waals surface area contributed by atoms with Crippen LogP contribution in [0.25, 0.3) is 0 Å². The molecule has 2 nitrogen and oxygen atoms in total. The van der Waals surface area contributed by atoms with Crippen molar-refractivity contribution in [2.24, 2.45) is 11.7 Å². The van der Waals surface area contributed by atoms with Crippen molar-refractivity contribution in [2.75, 3.05) is 13.1 Å². The Morgan fingerprint density at radius 3 is 2.53 bits per heavy atom. The molecular weight excluding hydrogens is 252 g/mol. The molecule has 19 heavy (non-hydrogen) atoms. The van der Waals surface area contributed by atoms with E-state index in [4.69, 9.17) is 18.0 Å². The van der Waals surface area contributed by atoms with E-state index in [0.717, 1.165) is 26.1 Å². The molecule has 0 saturated carbocycles. The molecule has 1 aliphatic heterocycles. The quantitative estimate of drug-likeness (QED) is 0.860. The predicted octanol–water partition coefficient (Wildman–Crippen LogP) is 3.11. The molecule has 3 heteroatoms. The van der Waals surface area contributed by atoms with Crippen LogP contribution in [0.2, 0.25) is 0 Å². The van der Waals surface area contributed by atoms with Gasteiger partial charge >= 0.3 is 0 Å². The van der Waals surface area contributed by atoms with E-state index in [1.165, 1.54) is 28.7 Å². The second kappa shape index (κ2) is 6.02. The van der Waals surface area contributed by atoms with Gasteiger partial charge in [-0.25, -0.2) is 0 Å². The number of hydrogen-bond acceptors (Lipinski definition) is 2. The van der Waals surface area contributed by atoms with Gasteiger partial charge in [0.25, 0.3) is 0 Å². The minimum Gasteiger partial charge on any atom is -0.393 e. The number of nitrogens with zero attached hydrogens (tertiary/aromatic N) is 1. The Morgan fingerprint density at radius 2 is 1.95 bits per heavy atom. The zero-order valence-corrected chi connectivity index (χ0v) is 13.0. The highest BCUT2D eigenvalue weighted by Gasteiger charge is 2.22. The Bertz CT molecular complexity index is 459. The van der Waals surface area contributed by atoms with Crippen LogP contribution < -0.4 is 5.73 Å². The van der Waals surface area contributed by atoms with Gasteiger partial charge in [0.2, 0.25) is 0 Å². The third-order valence-corrected chi connectivity index (χ3v) is 4.46. The molecule has 2 N–H and O–H groups in total. The molecule has 0 aromatic heterocycles. The van der Waals surface area contributed by atoms with Crippen molar-refractivity contribution in [3.05, 3.63) is 34.4 Å². The van der Waals surface area contributed by atoms with Crippen molar-refractivity contribution in [2.45, 2.75) is 40.2 Å². The van der Waals surface area contributed by atoms with Gasteiger partial charge in [0.05, 0.1) is 4.99 Å². The molecule has 1 fully saturated rings. The summed E-state index contributed by atoms with van der Waals surface area (Å²) in [5.74, 6) is 0.398. The molecule has 1 aromatic carbocycles. The number of hydrogen-bond donors (Lipinski definition) is 1. The largest absolute Gasteiger partial charge is 0.393 e. The van der Waals surface area contributed by atoms with Gasteiger partial charge in [0, 0.05) is 19.0 Å². The summed E-state index contributed by atoms with van der Waals surface area (Å²) in [4.78, 5) is 3.18. The predicted molar refractivity (Wildman–Crippen MR) is 85.4 cm³/mol. The van der Waals surface area contributed by atoms with E-state index < -0.39 is 0 Å². The molecule has 1 aliphatic rings.